The second-order valence-electron chi connectivity index (χ2n) is 3.27. The summed E-state index contributed by atoms with van der Waals surface area (Å²) in [6.45, 7) is 1.50. The maximum atomic E-state index is 8.34. The van der Waals surface area contributed by atoms with Crippen molar-refractivity contribution in [3.8, 4) is 17.6 Å². The highest BCUT2D eigenvalue weighted by molar-refractivity contribution is 5.44. The average molecular weight is 204 g/mol. The molecule has 1 aromatic carbocycles. The second kappa shape index (κ2) is 4.67. The Labute approximate surface area is 88.4 Å². The highest BCUT2D eigenvalue weighted by Crippen LogP contribution is 2.32. The number of benzene rings is 1. The molecule has 1 heterocycles. The molecular formula is C11H12N2O2. The molecule has 0 aromatic heterocycles. The van der Waals surface area contributed by atoms with Crippen molar-refractivity contribution in [2.75, 3.05) is 19.9 Å². The van der Waals surface area contributed by atoms with E-state index in [1.165, 1.54) is 5.56 Å². The average Bonchev–Trinajstić information content (AvgIpc) is 2.71. The number of hydrogen-bond donors (Lipinski definition) is 1. The maximum Gasteiger partial charge on any atom is 0.231 e. The molecule has 0 bridgehead atoms. The van der Waals surface area contributed by atoms with Crippen molar-refractivity contribution >= 4 is 0 Å². The van der Waals surface area contributed by atoms with Gasteiger partial charge >= 0.3 is 0 Å². The highest BCUT2D eigenvalue weighted by Gasteiger charge is 2.12. The van der Waals surface area contributed by atoms with Crippen molar-refractivity contribution in [1.82, 2.24) is 5.32 Å². The molecule has 1 aliphatic rings. The quantitative estimate of drug-likeness (QED) is 0.588. The number of nitrogens with zero attached hydrogens (tertiary/aromatic N) is 1. The van der Waals surface area contributed by atoms with Crippen LogP contribution in [-0.4, -0.2) is 19.9 Å². The first-order valence-corrected chi connectivity index (χ1v) is 4.86. The minimum absolute atomic E-state index is 0.311. The standard InChI is InChI=1S/C11H12N2O2/c12-4-6-13-5-3-9-1-2-10-11(7-9)15-8-14-10/h1-2,7,13H,3,5-6,8H2. The summed E-state index contributed by atoms with van der Waals surface area (Å²) >= 11 is 0. The first kappa shape index (κ1) is 9.81. The van der Waals surface area contributed by atoms with Gasteiger partial charge in [-0.05, 0) is 24.1 Å². The first-order valence-electron chi connectivity index (χ1n) is 4.86. The number of fused-ring (bicyclic) bond motifs is 1. The van der Waals surface area contributed by atoms with E-state index in [9.17, 15) is 0 Å². The molecule has 0 radical (unpaired) electrons. The Morgan fingerprint density at radius 1 is 1.33 bits per heavy atom. The Morgan fingerprint density at radius 3 is 3.07 bits per heavy atom. The van der Waals surface area contributed by atoms with Gasteiger partial charge in [0.2, 0.25) is 6.79 Å². The van der Waals surface area contributed by atoms with Gasteiger partial charge in [-0.2, -0.15) is 5.26 Å². The zero-order valence-corrected chi connectivity index (χ0v) is 8.32. The van der Waals surface area contributed by atoms with E-state index in [-0.39, 0.29) is 0 Å². The summed E-state index contributed by atoms with van der Waals surface area (Å²) in [5, 5.41) is 11.4. The molecule has 0 amide bonds. The molecule has 4 nitrogen and oxygen atoms in total. The van der Waals surface area contributed by atoms with E-state index in [0.29, 0.717) is 13.3 Å². The third-order valence-corrected chi connectivity index (χ3v) is 2.23. The molecule has 1 aliphatic heterocycles. The first-order chi connectivity index (χ1) is 7.40. The largest absolute Gasteiger partial charge is 0.454 e. The van der Waals surface area contributed by atoms with Crippen LogP contribution in [0.2, 0.25) is 0 Å². The smallest absolute Gasteiger partial charge is 0.231 e. The third-order valence-electron chi connectivity index (χ3n) is 2.23. The summed E-state index contributed by atoms with van der Waals surface area (Å²) in [4.78, 5) is 0. The van der Waals surface area contributed by atoms with Gasteiger partial charge in [-0.15, -0.1) is 0 Å². The Balaban J connectivity index is 1.90. The minimum atomic E-state index is 0.311. The molecule has 0 aliphatic carbocycles. The molecule has 1 N–H and O–H groups in total. The molecule has 78 valence electrons. The fourth-order valence-electron chi connectivity index (χ4n) is 1.47. The van der Waals surface area contributed by atoms with Gasteiger partial charge in [-0.3, -0.25) is 0 Å². The lowest BCUT2D eigenvalue weighted by molar-refractivity contribution is 0.174. The van der Waals surface area contributed by atoms with Gasteiger partial charge in [0.05, 0.1) is 12.6 Å². The van der Waals surface area contributed by atoms with Gasteiger partial charge in [0.25, 0.3) is 0 Å². The lowest BCUT2D eigenvalue weighted by Crippen LogP contribution is -2.17. The van der Waals surface area contributed by atoms with E-state index in [4.69, 9.17) is 14.7 Å². The van der Waals surface area contributed by atoms with Gasteiger partial charge in [0.1, 0.15) is 0 Å². The zero-order valence-electron chi connectivity index (χ0n) is 8.32. The summed E-state index contributed by atoms with van der Waals surface area (Å²) < 4.78 is 10.5. The molecule has 0 saturated heterocycles. The van der Waals surface area contributed by atoms with Crippen LogP contribution in [0.3, 0.4) is 0 Å². The van der Waals surface area contributed by atoms with Crippen molar-refractivity contribution in [3.63, 3.8) is 0 Å². The Morgan fingerprint density at radius 2 is 2.20 bits per heavy atom. The molecule has 0 fully saturated rings. The second-order valence-corrected chi connectivity index (χ2v) is 3.27. The number of hydrogen-bond acceptors (Lipinski definition) is 4. The third kappa shape index (κ3) is 2.39. The van der Waals surface area contributed by atoms with E-state index in [2.05, 4.69) is 5.32 Å². The van der Waals surface area contributed by atoms with Crippen LogP contribution in [0.15, 0.2) is 18.2 Å². The van der Waals surface area contributed by atoms with E-state index in [1.54, 1.807) is 0 Å². The predicted octanol–water partition coefficient (Wildman–Crippen LogP) is 1.07. The Bertz CT molecular complexity index is 385. The molecule has 4 heteroatoms. The zero-order chi connectivity index (χ0) is 10.5. The summed E-state index contributed by atoms with van der Waals surface area (Å²) in [5.41, 5.74) is 1.18. The Kier molecular flexibility index (Phi) is 3.05. The van der Waals surface area contributed by atoms with Crippen molar-refractivity contribution in [2.45, 2.75) is 6.42 Å². The summed E-state index contributed by atoms with van der Waals surface area (Å²) in [6.07, 6.45) is 0.887. The number of nitriles is 1. The Hall–Kier alpha value is -1.73. The van der Waals surface area contributed by atoms with Crippen molar-refractivity contribution < 1.29 is 9.47 Å². The van der Waals surface area contributed by atoms with Crippen LogP contribution in [0.4, 0.5) is 0 Å². The number of ether oxygens (including phenoxy) is 2. The van der Waals surface area contributed by atoms with Crippen LogP contribution in [0.25, 0.3) is 0 Å². The van der Waals surface area contributed by atoms with Crippen LogP contribution in [-0.2, 0) is 6.42 Å². The highest BCUT2D eigenvalue weighted by atomic mass is 16.7. The minimum Gasteiger partial charge on any atom is -0.454 e. The van der Waals surface area contributed by atoms with Gasteiger partial charge in [0, 0.05) is 6.54 Å². The van der Waals surface area contributed by atoms with Crippen LogP contribution in [0, 0.1) is 11.3 Å². The molecule has 0 atom stereocenters. The molecule has 0 unspecified atom stereocenters. The van der Waals surface area contributed by atoms with Crippen LogP contribution in [0.5, 0.6) is 11.5 Å². The number of rotatable bonds is 4. The predicted molar refractivity (Wildman–Crippen MR) is 54.8 cm³/mol. The fourth-order valence-corrected chi connectivity index (χ4v) is 1.47. The summed E-state index contributed by atoms with van der Waals surface area (Å²) in [5.74, 6) is 1.62. The van der Waals surface area contributed by atoms with Gasteiger partial charge in [-0.1, -0.05) is 6.07 Å². The van der Waals surface area contributed by atoms with E-state index in [1.807, 2.05) is 24.3 Å². The van der Waals surface area contributed by atoms with Gasteiger partial charge in [-0.25, -0.2) is 0 Å². The molecule has 1 aromatic rings. The van der Waals surface area contributed by atoms with Crippen molar-refractivity contribution in [1.29, 1.82) is 5.26 Å². The molecule has 2 rings (SSSR count). The van der Waals surface area contributed by atoms with Crippen molar-refractivity contribution in [2.24, 2.45) is 0 Å². The van der Waals surface area contributed by atoms with Gasteiger partial charge in [0.15, 0.2) is 11.5 Å². The molecule has 15 heavy (non-hydrogen) atoms. The normalized spacial score (nSPS) is 12.5. The van der Waals surface area contributed by atoms with E-state index >= 15 is 0 Å². The van der Waals surface area contributed by atoms with Crippen molar-refractivity contribution in [3.05, 3.63) is 23.8 Å². The number of nitrogens with one attached hydrogen (secondary N) is 1. The van der Waals surface area contributed by atoms with E-state index < -0.39 is 0 Å². The van der Waals surface area contributed by atoms with Gasteiger partial charge < -0.3 is 14.8 Å². The SMILES string of the molecule is N#CCNCCc1ccc2c(c1)OCO2. The van der Waals surface area contributed by atoms with Crippen LogP contribution in [0.1, 0.15) is 5.56 Å². The van der Waals surface area contributed by atoms with Crippen LogP contribution < -0.4 is 14.8 Å². The molecule has 0 spiro atoms. The fraction of sp³-hybridized carbons (Fsp3) is 0.364. The summed E-state index contributed by atoms with van der Waals surface area (Å²) in [7, 11) is 0. The topological polar surface area (TPSA) is 54.3 Å². The monoisotopic (exact) mass is 204 g/mol. The lowest BCUT2D eigenvalue weighted by Gasteiger charge is -2.02. The summed E-state index contributed by atoms with van der Waals surface area (Å²) in [6, 6.07) is 7.96. The lowest BCUT2D eigenvalue weighted by atomic mass is 10.1. The maximum absolute atomic E-state index is 8.34. The molecule has 0 saturated carbocycles. The molecular weight excluding hydrogens is 192 g/mol. The van der Waals surface area contributed by atoms with Crippen LogP contribution >= 0.6 is 0 Å². The van der Waals surface area contributed by atoms with E-state index in [0.717, 1.165) is 24.5 Å².